The molecule has 1 amide bonds. The molecule has 0 saturated carbocycles. The molecule has 0 saturated heterocycles. The highest BCUT2D eigenvalue weighted by atomic mass is 16.5. The highest BCUT2D eigenvalue weighted by Gasteiger charge is 2.35. The molecule has 0 rings (SSSR count). The smallest absolute Gasteiger partial charge is 0.404 e. The average molecular weight is 217 g/mol. The lowest BCUT2D eigenvalue weighted by Crippen LogP contribution is -2.41. The first-order chi connectivity index (χ1) is 6.83. The fourth-order valence-electron chi connectivity index (χ4n) is 1.92. The maximum atomic E-state index is 10.6. The van der Waals surface area contributed by atoms with Gasteiger partial charge in [0.25, 0.3) is 0 Å². The Hall–Kier alpha value is -0.770. The van der Waals surface area contributed by atoms with Crippen LogP contribution in [0.5, 0.6) is 0 Å². The van der Waals surface area contributed by atoms with Gasteiger partial charge in [-0.05, 0) is 12.3 Å². The van der Waals surface area contributed by atoms with E-state index < -0.39 is 17.6 Å². The summed E-state index contributed by atoms with van der Waals surface area (Å²) in [5.41, 5.74) is 4.52. The van der Waals surface area contributed by atoms with E-state index >= 15 is 0 Å². The zero-order valence-electron chi connectivity index (χ0n) is 10.1. The largest absolute Gasteiger partial charge is 0.449 e. The first-order valence-corrected chi connectivity index (χ1v) is 5.43. The predicted octanol–water partition coefficient (Wildman–Crippen LogP) is 1.91. The molecule has 0 aromatic heterocycles. The molecule has 15 heavy (non-hydrogen) atoms. The number of hydrogen-bond donors (Lipinski definition) is 2. The molecule has 90 valence electrons. The number of primary amides is 1. The number of ether oxygens (including phenoxy) is 1. The number of carbonyl (C=O) groups is 1. The second-order valence-electron chi connectivity index (χ2n) is 4.70. The zero-order chi connectivity index (χ0) is 12.1. The highest BCUT2D eigenvalue weighted by Crippen LogP contribution is 2.32. The van der Waals surface area contributed by atoms with Crippen LogP contribution in [0.3, 0.4) is 0 Å². The monoisotopic (exact) mass is 217 g/mol. The van der Waals surface area contributed by atoms with E-state index in [1.807, 2.05) is 27.7 Å². The normalized spacial score (nSPS) is 17.2. The molecule has 4 nitrogen and oxygen atoms in total. The second-order valence-corrected chi connectivity index (χ2v) is 4.70. The summed E-state index contributed by atoms with van der Waals surface area (Å²) in [6.07, 6.45) is 0.465. The topological polar surface area (TPSA) is 72.5 Å². The van der Waals surface area contributed by atoms with Gasteiger partial charge in [-0.15, -0.1) is 0 Å². The molecule has 0 fully saturated rings. The summed E-state index contributed by atoms with van der Waals surface area (Å²) in [5.74, 6) is 0.137. The molecule has 4 heteroatoms. The van der Waals surface area contributed by atoms with Crippen molar-refractivity contribution >= 4 is 6.09 Å². The fraction of sp³-hybridized carbons (Fsp3) is 0.909. The summed E-state index contributed by atoms with van der Waals surface area (Å²) in [7, 11) is 0. The van der Waals surface area contributed by atoms with Crippen molar-refractivity contribution in [2.24, 2.45) is 17.1 Å². The maximum absolute atomic E-state index is 10.6. The maximum Gasteiger partial charge on any atom is 0.404 e. The number of aliphatic hydroxyl groups is 1. The lowest BCUT2D eigenvalue weighted by molar-refractivity contribution is -0.0404. The van der Waals surface area contributed by atoms with Gasteiger partial charge < -0.3 is 15.6 Å². The molecule has 3 N–H and O–H groups in total. The summed E-state index contributed by atoms with van der Waals surface area (Å²) in [6, 6.07) is 0. The Morgan fingerprint density at radius 2 is 2.07 bits per heavy atom. The van der Waals surface area contributed by atoms with Crippen molar-refractivity contribution in [2.45, 2.75) is 46.6 Å². The molecule has 0 heterocycles. The van der Waals surface area contributed by atoms with E-state index in [0.717, 1.165) is 12.8 Å². The van der Waals surface area contributed by atoms with Crippen molar-refractivity contribution in [1.82, 2.24) is 0 Å². The minimum Gasteiger partial charge on any atom is -0.449 e. The second kappa shape index (κ2) is 5.95. The third-order valence-corrected chi connectivity index (χ3v) is 2.71. The van der Waals surface area contributed by atoms with Crippen LogP contribution in [0.15, 0.2) is 0 Å². The Bertz CT molecular complexity index is 206. The third kappa shape index (κ3) is 4.51. The molecule has 0 aliphatic carbocycles. The molecule has 0 spiro atoms. The van der Waals surface area contributed by atoms with E-state index in [0.29, 0.717) is 0 Å². The summed E-state index contributed by atoms with van der Waals surface area (Å²) in [6.45, 7) is 8.03. The van der Waals surface area contributed by atoms with E-state index in [2.05, 4.69) is 0 Å². The van der Waals surface area contributed by atoms with Crippen LogP contribution in [0.2, 0.25) is 0 Å². The van der Waals surface area contributed by atoms with Gasteiger partial charge in [-0.1, -0.05) is 34.1 Å². The number of nitrogens with two attached hydrogens (primary N) is 1. The molecule has 2 atom stereocenters. The zero-order valence-corrected chi connectivity index (χ0v) is 10.1. The molecule has 0 aromatic rings. The first-order valence-electron chi connectivity index (χ1n) is 5.43. The van der Waals surface area contributed by atoms with Gasteiger partial charge in [-0.3, -0.25) is 0 Å². The van der Waals surface area contributed by atoms with E-state index in [9.17, 15) is 9.90 Å². The van der Waals surface area contributed by atoms with Gasteiger partial charge >= 0.3 is 6.09 Å². The molecule has 0 aliphatic rings. The van der Waals surface area contributed by atoms with Gasteiger partial charge in [0.15, 0.2) is 0 Å². The number of carbonyl (C=O) groups excluding carboxylic acids is 1. The summed E-state index contributed by atoms with van der Waals surface area (Å²) >= 11 is 0. The van der Waals surface area contributed by atoms with Gasteiger partial charge in [0.05, 0.1) is 6.10 Å². The number of aliphatic hydroxyl groups excluding tert-OH is 1. The first kappa shape index (κ1) is 14.2. The number of rotatable bonds is 6. The van der Waals surface area contributed by atoms with E-state index in [-0.39, 0.29) is 12.5 Å². The van der Waals surface area contributed by atoms with Crippen LogP contribution < -0.4 is 5.73 Å². The van der Waals surface area contributed by atoms with Crippen LogP contribution in [0.4, 0.5) is 4.79 Å². The number of amides is 1. The van der Waals surface area contributed by atoms with Crippen LogP contribution in [-0.2, 0) is 4.74 Å². The Morgan fingerprint density at radius 3 is 2.40 bits per heavy atom. The molecule has 0 aliphatic heterocycles. The predicted molar refractivity (Wildman–Crippen MR) is 59.4 cm³/mol. The van der Waals surface area contributed by atoms with Gasteiger partial charge in [-0.2, -0.15) is 0 Å². The van der Waals surface area contributed by atoms with Crippen LogP contribution >= 0.6 is 0 Å². The van der Waals surface area contributed by atoms with E-state index in [1.165, 1.54) is 0 Å². The fourth-order valence-corrected chi connectivity index (χ4v) is 1.92. The molecule has 0 radical (unpaired) electrons. The summed E-state index contributed by atoms with van der Waals surface area (Å²) in [4.78, 5) is 10.6. The van der Waals surface area contributed by atoms with Gasteiger partial charge in [0, 0.05) is 5.41 Å². The molecule has 0 bridgehead atoms. The molecular weight excluding hydrogens is 194 g/mol. The Balaban J connectivity index is 4.49. The highest BCUT2D eigenvalue weighted by molar-refractivity contribution is 5.64. The standard InChI is InChI=1S/C11H23NO3/c1-5-6-11(4,7-15-10(12)14)9(13)8(2)3/h8-9,13H,5-7H2,1-4H3,(H2,12,14). The van der Waals surface area contributed by atoms with Crippen molar-refractivity contribution in [1.29, 1.82) is 0 Å². The van der Waals surface area contributed by atoms with Gasteiger partial charge in [0.2, 0.25) is 0 Å². The van der Waals surface area contributed by atoms with Crippen molar-refractivity contribution in [3.8, 4) is 0 Å². The van der Waals surface area contributed by atoms with Crippen LogP contribution in [-0.4, -0.2) is 23.9 Å². The van der Waals surface area contributed by atoms with Crippen molar-refractivity contribution in [2.75, 3.05) is 6.61 Å². The SMILES string of the molecule is CCCC(C)(COC(N)=O)C(O)C(C)C. The minimum absolute atomic E-state index is 0.137. The molecular formula is C11H23NO3. The quantitative estimate of drug-likeness (QED) is 0.713. The molecule has 2 unspecified atom stereocenters. The average Bonchev–Trinajstić information content (AvgIpc) is 2.14. The summed E-state index contributed by atoms with van der Waals surface area (Å²) < 4.78 is 4.81. The molecule has 0 aromatic carbocycles. The van der Waals surface area contributed by atoms with E-state index in [1.54, 1.807) is 0 Å². The Kier molecular flexibility index (Phi) is 5.65. The van der Waals surface area contributed by atoms with Crippen LogP contribution in [0.1, 0.15) is 40.5 Å². The van der Waals surface area contributed by atoms with Crippen LogP contribution in [0, 0.1) is 11.3 Å². The lowest BCUT2D eigenvalue weighted by atomic mass is 9.76. The van der Waals surface area contributed by atoms with Gasteiger partial charge in [0.1, 0.15) is 6.61 Å². The lowest BCUT2D eigenvalue weighted by Gasteiger charge is -2.35. The van der Waals surface area contributed by atoms with Crippen molar-refractivity contribution in [3.05, 3.63) is 0 Å². The number of hydrogen-bond acceptors (Lipinski definition) is 3. The third-order valence-electron chi connectivity index (χ3n) is 2.71. The van der Waals surface area contributed by atoms with Crippen molar-refractivity contribution < 1.29 is 14.6 Å². The van der Waals surface area contributed by atoms with Crippen LogP contribution in [0.25, 0.3) is 0 Å². The van der Waals surface area contributed by atoms with Gasteiger partial charge in [-0.25, -0.2) is 4.79 Å². The summed E-state index contributed by atoms with van der Waals surface area (Å²) in [5, 5.41) is 10.1. The van der Waals surface area contributed by atoms with E-state index in [4.69, 9.17) is 10.5 Å². The van der Waals surface area contributed by atoms with Crippen molar-refractivity contribution in [3.63, 3.8) is 0 Å². The Morgan fingerprint density at radius 1 is 1.53 bits per heavy atom. The Labute approximate surface area is 91.8 Å². The minimum atomic E-state index is -0.784.